The Morgan fingerprint density at radius 2 is 1.80 bits per heavy atom. The zero-order chi connectivity index (χ0) is 30.9. The highest BCUT2D eigenvalue weighted by molar-refractivity contribution is 6.24. The number of hydrogen-bond donors (Lipinski definition) is 6. The molecule has 1 aromatic carbocycles. The summed E-state index contributed by atoms with van der Waals surface area (Å²) in [5.74, 6) is -8.95. The summed E-state index contributed by atoms with van der Waals surface area (Å²) in [5, 5.41) is 47.5. The number of hydrogen-bond acceptors (Lipinski definition) is 9. The fraction of sp³-hybridized carbons (Fsp3) is 0.536. The minimum atomic E-state index is -4.90. The summed E-state index contributed by atoms with van der Waals surface area (Å²) < 4.78 is 43.6. The van der Waals surface area contributed by atoms with Crippen molar-refractivity contribution in [1.82, 2.24) is 10.2 Å². The molecule has 0 aliphatic heterocycles. The molecule has 0 aromatic heterocycles. The molecular weight excluding hydrogens is 547 g/mol. The van der Waals surface area contributed by atoms with Crippen LogP contribution in [0.3, 0.4) is 0 Å². The second-order valence-corrected chi connectivity index (χ2v) is 11.7. The number of benzene rings is 1. The molecule has 1 amide bonds. The normalized spacial score (nSPS) is 27.2. The number of rotatable bonds is 6. The van der Waals surface area contributed by atoms with Gasteiger partial charge in [-0.15, -0.1) is 0 Å². The summed E-state index contributed by atoms with van der Waals surface area (Å²) in [5.41, 5.74) is -1.54. The monoisotopic (exact) mass is 581 g/mol. The van der Waals surface area contributed by atoms with E-state index >= 15 is 0 Å². The number of Topliss-reactive ketones (excluding diaryl/α,β-unsaturated/α-hetero) is 2. The first-order valence-corrected chi connectivity index (χ1v) is 13.2. The first-order valence-electron chi connectivity index (χ1n) is 13.2. The number of carbonyl (C=O) groups excluding carboxylic acids is 3. The van der Waals surface area contributed by atoms with E-state index in [1.807, 2.05) is 20.8 Å². The Labute approximate surface area is 234 Å². The number of phenolic OH excluding ortho intramolecular Hbond substituents is 1. The zero-order valence-electron chi connectivity index (χ0n) is 23.3. The number of primary amides is 1. The van der Waals surface area contributed by atoms with Gasteiger partial charge in [-0.05, 0) is 62.9 Å². The molecule has 41 heavy (non-hydrogen) atoms. The Hall–Kier alpha value is -3.42. The number of nitrogens with zero attached hydrogens (tertiary/aromatic N) is 1. The van der Waals surface area contributed by atoms with Gasteiger partial charge in [0.05, 0.1) is 17.2 Å². The molecule has 4 rings (SSSR count). The van der Waals surface area contributed by atoms with E-state index in [4.69, 9.17) is 5.73 Å². The van der Waals surface area contributed by atoms with E-state index in [9.17, 15) is 48.0 Å². The van der Waals surface area contributed by atoms with Gasteiger partial charge in [0, 0.05) is 24.1 Å². The van der Waals surface area contributed by atoms with E-state index < -0.39 is 98.7 Å². The van der Waals surface area contributed by atoms with Crippen LogP contribution in [0.5, 0.6) is 5.75 Å². The van der Waals surface area contributed by atoms with Crippen LogP contribution in [0.2, 0.25) is 0 Å². The van der Waals surface area contributed by atoms with Crippen LogP contribution in [0.25, 0.3) is 0 Å². The second kappa shape index (κ2) is 10.1. The minimum Gasteiger partial charge on any atom is -0.510 e. The van der Waals surface area contributed by atoms with Gasteiger partial charge < -0.3 is 31.5 Å². The van der Waals surface area contributed by atoms with Gasteiger partial charge in [0.25, 0.3) is 5.91 Å². The van der Waals surface area contributed by atoms with Crippen LogP contribution in [0.15, 0.2) is 28.7 Å². The zero-order valence-corrected chi connectivity index (χ0v) is 23.3. The Morgan fingerprint density at radius 1 is 1.20 bits per heavy atom. The summed E-state index contributed by atoms with van der Waals surface area (Å²) in [6.45, 7) is 5.36. The fourth-order valence-electron chi connectivity index (χ4n) is 6.39. The van der Waals surface area contributed by atoms with Crippen LogP contribution in [-0.2, 0) is 28.7 Å². The van der Waals surface area contributed by atoms with Gasteiger partial charge in [-0.3, -0.25) is 19.3 Å². The number of aliphatic hydroxyl groups excluding tert-OH is 2. The summed E-state index contributed by atoms with van der Waals surface area (Å²) in [6, 6.07) is -0.544. The summed E-state index contributed by atoms with van der Waals surface area (Å²) in [6.07, 6.45) is -5.67. The molecule has 7 N–H and O–H groups in total. The average Bonchev–Trinajstić information content (AvgIpc) is 2.83. The van der Waals surface area contributed by atoms with E-state index in [2.05, 4.69) is 5.32 Å². The summed E-state index contributed by atoms with van der Waals surface area (Å²) >= 11 is 0. The third kappa shape index (κ3) is 4.59. The largest absolute Gasteiger partial charge is 0.510 e. The Morgan fingerprint density at radius 3 is 2.32 bits per heavy atom. The van der Waals surface area contributed by atoms with Crippen LogP contribution in [-0.4, -0.2) is 74.6 Å². The number of nitrogens with two attached hydrogens (primary N) is 1. The van der Waals surface area contributed by atoms with Crippen molar-refractivity contribution in [1.29, 1.82) is 0 Å². The quantitative estimate of drug-likeness (QED) is 0.276. The Bertz CT molecular complexity index is 1400. The number of amides is 1. The van der Waals surface area contributed by atoms with Gasteiger partial charge in [0.15, 0.2) is 11.4 Å². The van der Waals surface area contributed by atoms with Crippen molar-refractivity contribution in [2.75, 3.05) is 14.1 Å². The van der Waals surface area contributed by atoms with Crippen molar-refractivity contribution in [2.45, 2.75) is 64.0 Å². The number of ketones is 2. The number of nitrogens with one attached hydrogen (secondary N) is 1. The van der Waals surface area contributed by atoms with Crippen molar-refractivity contribution in [3.63, 3.8) is 0 Å². The summed E-state index contributed by atoms with van der Waals surface area (Å²) in [4.78, 5) is 40.4. The third-order valence-electron chi connectivity index (χ3n) is 8.70. The maximum atomic E-state index is 14.5. The maximum absolute atomic E-state index is 14.5. The van der Waals surface area contributed by atoms with Crippen LogP contribution in [0, 0.1) is 17.8 Å². The molecule has 10 nitrogen and oxygen atoms in total. The highest BCUT2D eigenvalue weighted by atomic mass is 19.4. The lowest BCUT2D eigenvalue weighted by atomic mass is 9.58. The van der Waals surface area contributed by atoms with Crippen LogP contribution < -0.4 is 11.1 Å². The van der Waals surface area contributed by atoms with Gasteiger partial charge in [-0.25, -0.2) is 0 Å². The van der Waals surface area contributed by atoms with Crippen LogP contribution in [0.1, 0.15) is 54.2 Å². The standard InChI is InChI=1S/C28H34F3N3O7/c1-10(2)11(3)33-9-13-8-16(35)18-14(20(13)28(29,30)31)6-12-7-15-21(34(4)5)23(37)19(26(32)40)25(39)27(15,41)24(38)17(12)22(18)36/h8,10-12,15,21,33,35,37-38,41H,6-7,9H2,1-5H3,(H2,32,40)/t11-,12-,15-,21-,27-/m0/s1. The Balaban J connectivity index is 1.93. The fourth-order valence-corrected chi connectivity index (χ4v) is 6.39. The van der Waals surface area contributed by atoms with E-state index in [0.717, 1.165) is 6.07 Å². The maximum Gasteiger partial charge on any atom is 0.417 e. The SMILES string of the molecule is CC(C)[C@H](C)NCc1cc(O)c2c(c1C(F)(F)F)C[C@H]1C[C@H]3[C@H](N(C)C)C(O)=C(C(N)=O)C(=O)[C@@]3(O)C(O)=C1C2=O. The second-order valence-electron chi connectivity index (χ2n) is 11.7. The van der Waals surface area contributed by atoms with Crippen LogP contribution in [0.4, 0.5) is 13.2 Å². The molecule has 0 radical (unpaired) electrons. The molecule has 3 aliphatic rings. The van der Waals surface area contributed by atoms with Gasteiger partial charge in [-0.1, -0.05) is 13.8 Å². The number of carbonyl (C=O) groups is 3. The van der Waals surface area contributed by atoms with Crippen molar-refractivity contribution < 1.29 is 48.0 Å². The molecule has 0 heterocycles. The molecule has 224 valence electrons. The number of halogens is 3. The number of fused-ring (bicyclic) bond motifs is 3. The van der Waals surface area contributed by atoms with Crippen LogP contribution >= 0.6 is 0 Å². The number of likely N-dealkylation sites (N-methyl/N-ethyl adjacent to an activating group) is 1. The molecule has 0 fully saturated rings. The molecule has 5 atom stereocenters. The first-order chi connectivity index (χ1) is 18.8. The molecular formula is C28H34F3N3O7. The molecule has 0 unspecified atom stereocenters. The summed E-state index contributed by atoms with van der Waals surface area (Å²) in [7, 11) is 2.93. The molecule has 0 spiro atoms. The predicted octanol–water partition coefficient (Wildman–Crippen LogP) is 2.27. The number of aromatic hydroxyl groups is 1. The van der Waals surface area contributed by atoms with Gasteiger partial charge in [0.2, 0.25) is 5.78 Å². The highest BCUT2D eigenvalue weighted by Gasteiger charge is 2.63. The topological polar surface area (TPSA) is 173 Å². The molecule has 1 aromatic rings. The van der Waals surface area contributed by atoms with Crippen molar-refractivity contribution in [2.24, 2.45) is 23.5 Å². The predicted molar refractivity (Wildman–Crippen MR) is 140 cm³/mol. The smallest absolute Gasteiger partial charge is 0.417 e. The molecule has 13 heteroatoms. The van der Waals surface area contributed by atoms with E-state index in [1.165, 1.54) is 19.0 Å². The number of phenols is 1. The lowest BCUT2D eigenvalue weighted by Crippen LogP contribution is -2.63. The highest BCUT2D eigenvalue weighted by Crippen LogP contribution is 2.53. The number of aliphatic hydroxyl groups is 3. The van der Waals surface area contributed by atoms with Gasteiger partial charge >= 0.3 is 6.18 Å². The van der Waals surface area contributed by atoms with Gasteiger partial charge in [-0.2, -0.15) is 13.2 Å². The lowest BCUT2D eigenvalue weighted by Gasteiger charge is -2.50. The van der Waals surface area contributed by atoms with E-state index in [-0.39, 0.29) is 30.5 Å². The van der Waals surface area contributed by atoms with Crippen molar-refractivity contribution in [3.05, 3.63) is 51.0 Å². The van der Waals surface area contributed by atoms with Gasteiger partial charge in [0.1, 0.15) is 22.8 Å². The molecule has 0 saturated carbocycles. The molecule has 3 aliphatic carbocycles. The number of allylic oxidation sites excluding steroid dienone is 1. The van der Waals surface area contributed by atoms with E-state index in [0.29, 0.717) is 0 Å². The Kier molecular flexibility index (Phi) is 7.55. The number of alkyl halides is 3. The van der Waals surface area contributed by atoms with E-state index in [1.54, 1.807) is 0 Å². The van der Waals surface area contributed by atoms with Crippen molar-refractivity contribution >= 4 is 17.5 Å². The average molecular weight is 582 g/mol. The van der Waals surface area contributed by atoms with Crippen molar-refractivity contribution in [3.8, 4) is 5.75 Å². The first kappa shape index (κ1) is 30.5. The molecule has 0 saturated heterocycles. The molecule has 0 bridgehead atoms. The lowest BCUT2D eigenvalue weighted by molar-refractivity contribution is -0.148. The third-order valence-corrected chi connectivity index (χ3v) is 8.70. The minimum absolute atomic E-state index is 0.109.